The fourth-order valence-electron chi connectivity index (χ4n) is 2.05. The summed E-state index contributed by atoms with van der Waals surface area (Å²) >= 11 is 5.92. The number of aromatic nitrogens is 4. The molecule has 3 aromatic rings. The average molecular weight is 259 g/mol. The Balaban J connectivity index is 2.27. The van der Waals surface area contributed by atoms with E-state index in [1.165, 1.54) is 0 Å². The molecule has 0 unspecified atom stereocenters. The van der Waals surface area contributed by atoms with E-state index in [-0.39, 0.29) is 0 Å². The predicted octanol–water partition coefficient (Wildman–Crippen LogP) is 2.99. The van der Waals surface area contributed by atoms with Gasteiger partial charge in [0.1, 0.15) is 11.0 Å². The van der Waals surface area contributed by atoms with Gasteiger partial charge in [-0.15, -0.1) is 0 Å². The SMILES string of the molecule is Cc1nccc(-c2cc3cnc(Cl)cc3n2C)n1. The largest absolute Gasteiger partial charge is 0.342 e. The zero-order valence-electron chi connectivity index (χ0n) is 10.1. The third-order valence-electron chi connectivity index (χ3n) is 2.93. The molecule has 90 valence electrons. The van der Waals surface area contributed by atoms with Gasteiger partial charge < -0.3 is 4.57 Å². The van der Waals surface area contributed by atoms with Crippen LogP contribution in [0.1, 0.15) is 5.82 Å². The van der Waals surface area contributed by atoms with E-state index in [4.69, 9.17) is 11.6 Å². The van der Waals surface area contributed by atoms with Crippen LogP contribution >= 0.6 is 11.6 Å². The molecule has 5 heteroatoms. The second-order valence-electron chi connectivity index (χ2n) is 4.14. The molecule has 0 fully saturated rings. The summed E-state index contributed by atoms with van der Waals surface area (Å²) in [6.07, 6.45) is 3.54. The quantitative estimate of drug-likeness (QED) is 0.630. The van der Waals surface area contributed by atoms with Crippen LogP contribution in [0.15, 0.2) is 30.6 Å². The minimum atomic E-state index is 0.495. The normalized spacial score (nSPS) is 11.1. The molecular weight excluding hydrogens is 248 g/mol. The minimum absolute atomic E-state index is 0.495. The van der Waals surface area contributed by atoms with Crippen LogP contribution in [0.25, 0.3) is 22.3 Å². The van der Waals surface area contributed by atoms with E-state index in [0.717, 1.165) is 28.1 Å². The highest BCUT2D eigenvalue weighted by molar-refractivity contribution is 6.30. The monoisotopic (exact) mass is 258 g/mol. The van der Waals surface area contributed by atoms with E-state index in [0.29, 0.717) is 5.15 Å². The Kier molecular flexibility index (Phi) is 2.52. The number of halogens is 1. The van der Waals surface area contributed by atoms with Crippen LogP contribution in [0.3, 0.4) is 0 Å². The molecule has 0 N–H and O–H groups in total. The van der Waals surface area contributed by atoms with Gasteiger partial charge in [-0.05, 0) is 25.1 Å². The summed E-state index contributed by atoms with van der Waals surface area (Å²) in [5, 5.41) is 1.54. The summed E-state index contributed by atoms with van der Waals surface area (Å²) in [6, 6.07) is 5.81. The van der Waals surface area contributed by atoms with Gasteiger partial charge in [0.15, 0.2) is 0 Å². The molecule has 3 rings (SSSR count). The topological polar surface area (TPSA) is 43.6 Å². The zero-order chi connectivity index (χ0) is 12.7. The van der Waals surface area contributed by atoms with Crippen LogP contribution < -0.4 is 0 Å². The Hall–Kier alpha value is -1.94. The van der Waals surface area contributed by atoms with Crippen molar-refractivity contribution in [3.05, 3.63) is 41.6 Å². The maximum absolute atomic E-state index is 5.92. The molecule has 4 nitrogen and oxygen atoms in total. The van der Waals surface area contributed by atoms with Crippen molar-refractivity contribution in [1.29, 1.82) is 0 Å². The Morgan fingerprint density at radius 3 is 2.83 bits per heavy atom. The van der Waals surface area contributed by atoms with Crippen molar-refractivity contribution < 1.29 is 0 Å². The van der Waals surface area contributed by atoms with E-state index >= 15 is 0 Å². The lowest BCUT2D eigenvalue weighted by Crippen LogP contribution is -1.95. The molecular formula is C13H11ClN4. The van der Waals surface area contributed by atoms with Gasteiger partial charge in [-0.1, -0.05) is 11.6 Å². The van der Waals surface area contributed by atoms with Crippen molar-refractivity contribution in [3.8, 4) is 11.4 Å². The van der Waals surface area contributed by atoms with Crippen molar-refractivity contribution >= 4 is 22.5 Å². The summed E-state index contributed by atoms with van der Waals surface area (Å²) < 4.78 is 2.06. The molecule has 0 aromatic carbocycles. The summed E-state index contributed by atoms with van der Waals surface area (Å²) in [7, 11) is 1.99. The predicted molar refractivity (Wildman–Crippen MR) is 71.5 cm³/mol. The van der Waals surface area contributed by atoms with Crippen LogP contribution in [0, 0.1) is 6.92 Å². The molecule has 0 amide bonds. The molecule has 0 radical (unpaired) electrons. The van der Waals surface area contributed by atoms with Gasteiger partial charge in [-0.2, -0.15) is 0 Å². The first-order chi connectivity index (χ1) is 8.65. The van der Waals surface area contributed by atoms with E-state index in [1.54, 1.807) is 12.4 Å². The van der Waals surface area contributed by atoms with Crippen molar-refractivity contribution in [2.45, 2.75) is 6.92 Å². The fraction of sp³-hybridized carbons (Fsp3) is 0.154. The number of fused-ring (bicyclic) bond motifs is 1. The van der Waals surface area contributed by atoms with Gasteiger partial charge >= 0.3 is 0 Å². The average Bonchev–Trinajstić information content (AvgIpc) is 2.67. The number of rotatable bonds is 1. The van der Waals surface area contributed by atoms with Crippen molar-refractivity contribution in [2.24, 2.45) is 7.05 Å². The molecule has 0 aliphatic carbocycles. The lowest BCUT2D eigenvalue weighted by molar-refractivity contribution is 0.957. The Morgan fingerprint density at radius 2 is 2.06 bits per heavy atom. The zero-order valence-corrected chi connectivity index (χ0v) is 10.8. The Labute approximate surface area is 109 Å². The van der Waals surface area contributed by atoms with Crippen LogP contribution in [0.4, 0.5) is 0 Å². The third-order valence-corrected chi connectivity index (χ3v) is 3.14. The summed E-state index contributed by atoms with van der Waals surface area (Å²) in [4.78, 5) is 12.6. The lowest BCUT2D eigenvalue weighted by atomic mass is 10.2. The first-order valence-electron chi connectivity index (χ1n) is 5.56. The van der Waals surface area contributed by atoms with Crippen LogP contribution in [0.5, 0.6) is 0 Å². The number of aryl methyl sites for hydroxylation is 2. The second kappa shape index (κ2) is 4.07. The van der Waals surface area contributed by atoms with E-state index in [2.05, 4.69) is 25.6 Å². The van der Waals surface area contributed by atoms with Gasteiger partial charge in [0, 0.05) is 24.8 Å². The first-order valence-corrected chi connectivity index (χ1v) is 5.94. The van der Waals surface area contributed by atoms with Crippen molar-refractivity contribution in [1.82, 2.24) is 19.5 Å². The van der Waals surface area contributed by atoms with Gasteiger partial charge in [-0.3, -0.25) is 0 Å². The first kappa shape index (κ1) is 11.2. The van der Waals surface area contributed by atoms with Gasteiger partial charge in [0.2, 0.25) is 0 Å². The standard InChI is InChI=1S/C13H11ClN4/c1-8-15-4-3-10(17-8)12-5-9-7-16-13(14)6-11(9)18(12)2/h3-7H,1-2H3. The van der Waals surface area contributed by atoms with Gasteiger partial charge in [-0.25, -0.2) is 15.0 Å². The molecule has 0 saturated heterocycles. The molecule has 0 bridgehead atoms. The second-order valence-corrected chi connectivity index (χ2v) is 4.53. The van der Waals surface area contributed by atoms with E-state index in [1.807, 2.05) is 26.1 Å². The molecule has 3 aromatic heterocycles. The van der Waals surface area contributed by atoms with Crippen molar-refractivity contribution in [3.63, 3.8) is 0 Å². The number of hydrogen-bond acceptors (Lipinski definition) is 3. The summed E-state index contributed by atoms with van der Waals surface area (Å²) in [5.41, 5.74) is 2.97. The number of pyridine rings is 1. The molecule has 3 heterocycles. The fourth-order valence-corrected chi connectivity index (χ4v) is 2.20. The highest BCUT2D eigenvalue weighted by Crippen LogP contribution is 2.26. The maximum atomic E-state index is 5.92. The maximum Gasteiger partial charge on any atom is 0.131 e. The van der Waals surface area contributed by atoms with Crippen LogP contribution in [-0.4, -0.2) is 19.5 Å². The lowest BCUT2D eigenvalue weighted by Gasteiger charge is -2.04. The molecule has 18 heavy (non-hydrogen) atoms. The van der Waals surface area contributed by atoms with Crippen LogP contribution in [0.2, 0.25) is 5.15 Å². The van der Waals surface area contributed by atoms with Gasteiger partial charge in [0.25, 0.3) is 0 Å². The smallest absolute Gasteiger partial charge is 0.131 e. The summed E-state index contributed by atoms with van der Waals surface area (Å²) in [5.74, 6) is 0.758. The highest BCUT2D eigenvalue weighted by atomic mass is 35.5. The highest BCUT2D eigenvalue weighted by Gasteiger charge is 2.10. The van der Waals surface area contributed by atoms with E-state index in [9.17, 15) is 0 Å². The minimum Gasteiger partial charge on any atom is -0.342 e. The van der Waals surface area contributed by atoms with E-state index < -0.39 is 0 Å². The van der Waals surface area contributed by atoms with Crippen LogP contribution in [-0.2, 0) is 7.05 Å². The number of nitrogens with zero attached hydrogens (tertiary/aromatic N) is 4. The summed E-state index contributed by atoms with van der Waals surface area (Å²) in [6.45, 7) is 1.88. The van der Waals surface area contributed by atoms with Crippen molar-refractivity contribution in [2.75, 3.05) is 0 Å². The number of hydrogen-bond donors (Lipinski definition) is 0. The Bertz CT molecular complexity index is 733. The molecule has 0 spiro atoms. The molecule has 0 saturated carbocycles. The Morgan fingerprint density at radius 1 is 1.22 bits per heavy atom. The third kappa shape index (κ3) is 1.75. The van der Waals surface area contributed by atoms with Gasteiger partial charge in [0.05, 0.1) is 16.9 Å². The molecule has 0 atom stereocenters. The molecule has 0 aliphatic rings. The molecule has 0 aliphatic heterocycles.